The van der Waals surface area contributed by atoms with E-state index in [1.54, 1.807) is 0 Å². The van der Waals surface area contributed by atoms with Crippen molar-refractivity contribution in [2.75, 3.05) is 4.72 Å². The lowest BCUT2D eigenvalue weighted by atomic mass is 10.2. The minimum Gasteiger partial charge on any atom is -0.280 e. The Balaban J connectivity index is 2.38. The highest BCUT2D eigenvalue weighted by atomic mass is 32.2. The maximum Gasteiger partial charge on any atom is 0.416 e. The first-order chi connectivity index (χ1) is 10.1. The third-order valence-electron chi connectivity index (χ3n) is 2.60. The zero-order valence-electron chi connectivity index (χ0n) is 10.7. The maximum atomic E-state index is 13.2. The summed E-state index contributed by atoms with van der Waals surface area (Å²) in [6.07, 6.45) is -4.82. The number of hydrogen-bond acceptors (Lipinski definition) is 2. The Morgan fingerprint density at radius 3 is 2.00 bits per heavy atom. The van der Waals surface area contributed by atoms with E-state index in [1.165, 1.54) is 0 Å². The third-order valence-corrected chi connectivity index (χ3v) is 4.00. The van der Waals surface area contributed by atoms with Crippen molar-refractivity contribution in [3.63, 3.8) is 0 Å². The summed E-state index contributed by atoms with van der Waals surface area (Å²) in [6, 6.07) is 4.93. The van der Waals surface area contributed by atoms with Gasteiger partial charge in [0.15, 0.2) is 0 Å². The number of benzene rings is 2. The van der Waals surface area contributed by atoms with Crippen LogP contribution in [0.15, 0.2) is 47.4 Å². The molecule has 1 N–H and O–H groups in total. The molecule has 0 atom stereocenters. The van der Waals surface area contributed by atoms with E-state index in [0.717, 1.165) is 24.3 Å². The molecular formula is C13H8F5NO2S. The molecule has 0 aliphatic carbocycles. The SMILES string of the molecule is O=S(=O)(Nc1cc(F)cc(C(F)(F)F)c1)c1ccc(F)cc1. The van der Waals surface area contributed by atoms with Crippen molar-refractivity contribution in [2.45, 2.75) is 11.1 Å². The molecule has 0 aromatic heterocycles. The number of anilines is 1. The summed E-state index contributed by atoms with van der Waals surface area (Å²) in [4.78, 5) is -0.369. The van der Waals surface area contributed by atoms with E-state index in [-0.39, 0.29) is 11.0 Å². The number of halogens is 5. The van der Waals surface area contributed by atoms with Crippen molar-refractivity contribution < 1.29 is 30.4 Å². The van der Waals surface area contributed by atoms with Crippen molar-refractivity contribution >= 4 is 15.7 Å². The molecular weight excluding hydrogens is 329 g/mol. The lowest BCUT2D eigenvalue weighted by molar-refractivity contribution is -0.137. The molecule has 0 heterocycles. The predicted octanol–water partition coefficient (Wildman–Crippen LogP) is 3.78. The Bertz CT molecular complexity index is 785. The second-order valence-electron chi connectivity index (χ2n) is 4.29. The van der Waals surface area contributed by atoms with Gasteiger partial charge >= 0.3 is 6.18 Å². The van der Waals surface area contributed by atoms with Crippen molar-refractivity contribution in [2.24, 2.45) is 0 Å². The minimum atomic E-state index is -4.82. The summed E-state index contributed by atoms with van der Waals surface area (Å²) in [5.74, 6) is -1.92. The summed E-state index contributed by atoms with van der Waals surface area (Å²) < 4.78 is 89.4. The first-order valence-corrected chi connectivity index (χ1v) is 7.22. The number of alkyl halides is 3. The van der Waals surface area contributed by atoms with Gasteiger partial charge in [0.05, 0.1) is 16.1 Å². The lowest BCUT2D eigenvalue weighted by Crippen LogP contribution is -2.14. The molecule has 0 unspecified atom stereocenters. The molecule has 0 saturated carbocycles. The Morgan fingerprint density at radius 2 is 1.45 bits per heavy atom. The van der Waals surface area contributed by atoms with Gasteiger partial charge in [-0.25, -0.2) is 17.2 Å². The third kappa shape index (κ3) is 3.73. The molecule has 0 amide bonds. The van der Waals surface area contributed by atoms with Crippen LogP contribution in [0.2, 0.25) is 0 Å². The fourth-order valence-corrected chi connectivity index (χ4v) is 2.68. The molecule has 2 aromatic carbocycles. The zero-order chi connectivity index (χ0) is 16.5. The molecule has 0 saturated heterocycles. The van der Waals surface area contributed by atoms with Gasteiger partial charge in [0, 0.05) is 0 Å². The Labute approximate surface area is 122 Å². The molecule has 0 radical (unpaired) electrons. The number of sulfonamides is 1. The van der Waals surface area contributed by atoms with Crippen LogP contribution >= 0.6 is 0 Å². The van der Waals surface area contributed by atoms with Crippen LogP contribution in [0, 0.1) is 11.6 Å². The van der Waals surface area contributed by atoms with Gasteiger partial charge in [-0.05, 0) is 42.5 Å². The first kappa shape index (κ1) is 16.2. The van der Waals surface area contributed by atoms with Crippen LogP contribution in [0.4, 0.5) is 27.6 Å². The van der Waals surface area contributed by atoms with E-state index in [4.69, 9.17) is 0 Å². The highest BCUT2D eigenvalue weighted by Crippen LogP contribution is 2.32. The predicted molar refractivity (Wildman–Crippen MR) is 68.6 cm³/mol. The van der Waals surface area contributed by atoms with E-state index >= 15 is 0 Å². The average molecular weight is 337 g/mol. The standard InChI is InChI=1S/C13H8F5NO2S/c14-9-1-3-12(4-2-9)22(20,21)19-11-6-8(13(16,17)18)5-10(15)7-11/h1-7,19H. The van der Waals surface area contributed by atoms with Crippen LogP contribution in [0.5, 0.6) is 0 Å². The van der Waals surface area contributed by atoms with E-state index < -0.39 is 39.1 Å². The van der Waals surface area contributed by atoms with Crippen molar-refractivity contribution in [1.29, 1.82) is 0 Å². The summed E-state index contributed by atoms with van der Waals surface area (Å²) in [6.45, 7) is 0. The van der Waals surface area contributed by atoms with Crippen LogP contribution < -0.4 is 4.72 Å². The van der Waals surface area contributed by atoms with Gasteiger partial charge in [-0.15, -0.1) is 0 Å². The smallest absolute Gasteiger partial charge is 0.280 e. The van der Waals surface area contributed by atoms with Gasteiger partial charge in [0.2, 0.25) is 0 Å². The number of hydrogen-bond donors (Lipinski definition) is 1. The molecule has 3 nitrogen and oxygen atoms in total. The summed E-state index contributed by atoms with van der Waals surface area (Å²) in [5, 5.41) is 0. The first-order valence-electron chi connectivity index (χ1n) is 5.74. The van der Waals surface area contributed by atoms with Crippen molar-refractivity contribution in [3.05, 3.63) is 59.7 Å². The van der Waals surface area contributed by atoms with E-state index in [2.05, 4.69) is 0 Å². The van der Waals surface area contributed by atoms with Gasteiger partial charge < -0.3 is 0 Å². The van der Waals surface area contributed by atoms with E-state index in [1.807, 2.05) is 4.72 Å². The van der Waals surface area contributed by atoms with E-state index in [0.29, 0.717) is 12.1 Å². The fraction of sp³-hybridized carbons (Fsp3) is 0.0769. The quantitative estimate of drug-likeness (QED) is 0.867. The van der Waals surface area contributed by atoms with Gasteiger partial charge in [-0.1, -0.05) is 0 Å². The lowest BCUT2D eigenvalue weighted by Gasteiger charge is -2.12. The molecule has 0 aliphatic heterocycles. The number of nitrogens with one attached hydrogen (secondary N) is 1. The van der Waals surface area contributed by atoms with Crippen LogP contribution in [-0.4, -0.2) is 8.42 Å². The molecule has 0 bridgehead atoms. The number of rotatable bonds is 3. The minimum absolute atomic E-state index is 0.246. The van der Waals surface area contributed by atoms with Gasteiger partial charge in [-0.2, -0.15) is 13.2 Å². The molecule has 118 valence electrons. The Morgan fingerprint density at radius 1 is 0.864 bits per heavy atom. The zero-order valence-corrected chi connectivity index (χ0v) is 11.5. The van der Waals surface area contributed by atoms with Gasteiger partial charge in [0.1, 0.15) is 11.6 Å². The van der Waals surface area contributed by atoms with E-state index in [9.17, 15) is 30.4 Å². The maximum absolute atomic E-state index is 13.2. The van der Waals surface area contributed by atoms with Crippen LogP contribution in [-0.2, 0) is 16.2 Å². The molecule has 9 heteroatoms. The molecule has 22 heavy (non-hydrogen) atoms. The normalized spacial score (nSPS) is 12.2. The van der Waals surface area contributed by atoms with Crippen molar-refractivity contribution in [1.82, 2.24) is 0 Å². The van der Waals surface area contributed by atoms with Crippen LogP contribution in [0.25, 0.3) is 0 Å². The summed E-state index contributed by atoms with van der Waals surface area (Å²) >= 11 is 0. The second kappa shape index (κ2) is 5.56. The topological polar surface area (TPSA) is 46.2 Å². The van der Waals surface area contributed by atoms with Gasteiger partial charge in [-0.3, -0.25) is 4.72 Å². The average Bonchev–Trinajstić information content (AvgIpc) is 2.36. The van der Waals surface area contributed by atoms with Crippen LogP contribution in [0.3, 0.4) is 0 Å². The highest BCUT2D eigenvalue weighted by molar-refractivity contribution is 7.92. The second-order valence-corrected chi connectivity index (χ2v) is 5.97. The monoisotopic (exact) mass is 337 g/mol. The summed E-state index contributed by atoms with van der Waals surface area (Å²) in [7, 11) is -4.26. The fourth-order valence-electron chi connectivity index (χ4n) is 1.64. The molecule has 2 aromatic rings. The van der Waals surface area contributed by atoms with Crippen LogP contribution in [0.1, 0.15) is 5.56 Å². The summed E-state index contributed by atoms with van der Waals surface area (Å²) in [5.41, 5.74) is -1.92. The Kier molecular flexibility index (Phi) is 4.10. The Hall–Kier alpha value is -2.16. The van der Waals surface area contributed by atoms with Crippen molar-refractivity contribution in [3.8, 4) is 0 Å². The highest BCUT2D eigenvalue weighted by Gasteiger charge is 2.31. The molecule has 2 rings (SSSR count). The molecule has 0 fully saturated rings. The molecule has 0 spiro atoms. The van der Waals surface area contributed by atoms with Gasteiger partial charge in [0.25, 0.3) is 10.0 Å². The largest absolute Gasteiger partial charge is 0.416 e. The molecule has 0 aliphatic rings.